The quantitative estimate of drug-likeness (QED) is 0.486. The standard InChI is InChI=1S/C24H25N5O3/c1-16-22(17(2)29(27-16)18-9-5-4-6-10-18)24(31)28(13-14-32-3)15-21-25-20-12-8-7-11-19(20)23(30)26-21/h4-12H,13-15H2,1-3H3,(H,25,26,30). The van der Waals surface area contributed by atoms with Gasteiger partial charge in [0.15, 0.2) is 0 Å². The van der Waals surface area contributed by atoms with Crippen LogP contribution >= 0.6 is 0 Å². The van der Waals surface area contributed by atoms with Crippen LogP contribution in [0.25, 0.3) is 16.6 Å². The Bertz CT molecular complexity index is 1310. The fourth-order valence-electron chi connectivity index (χ4n) is 3.78. The van der Waals surface area contributed by atoms with Gasteiger partial charge in [0.1, 0.15) is 5.82 Å². The van der Waals surface area contributed by atoms with E-state index in [4.69, 9.17) is 4.74 Å². The van der Waals surface area contributed by atoms with Crippen LogP contribution in [0.4, 0.5) is 0 Å². The third-order valence-electron chi connectivity index (χ3n) is 5.36. The Morgan fingerprint density at radius 2 is 1.81 bits per heavy atom. The summed E-state index contributed by atoms with van der Waals surface area (Å²) in [7, 11) is 1.59. The Labute approximate surface area is 185 Å². The summed E-state index contributed by atoms with van der Waals surface area (Å²) >= 11 is 0. The molecule has 8 nitrogen and oxygen atoms in total. The first kappa shape index (κ1) is 21.5. The second-order valence-electron chi connectivity index (χ2n) is 7.54. The van der Waals surface area contributed by atoms with Gasteiger partial charge in [0, 0.05) is 13.7 Å². The largest absolute Gasteiger partial charge is 0.383 e. The van der Waals surface area contributed by atoms with Crippen LogP contribution in [0.1, 0.15) is 27.6 Å². The molecule has 2 heterocycles. The van der Waals surface area contributed by atoms with Crippen molar-refractivity contribution in [3.63, 3.8) is 0 Å². The molecule has 0 saturated carbocycles. The molecule has 1 N–H and O–H groups in total. The monoisotopic (exact) mass is 431 g/mol. The summed E-state index contributed by atoms with van der Waals surface area (Å²) in [5.74, 6) is 0.235. The number of aromatic nitrogens is 4. The van der Waals surface area contributed by atoms with Gasteiger partial charge in [-0.1, -0.05) is 30.3 Å². The topological polar surface area (TPSA) is 93.1 Å². The maximum atomic E-state index is 13.6. The van der Waals surface area contributed by atoms with E-state index in [1.165, 1.54) is 0 Å². The van der Waals surface area contributed by atoms with Crippen LogP contribution in [-0.4, -0.2) is 50.8 Å². The van der Waals surface area contributed by atoms with Gasteiger partial charge >= 0.3 is 0 Å². The third-order valence-corrected chi connectivity index (χ3v) is 5.36. The van der Waals surface area contributed by atoms with Crippen molar-refractivity contribution >= 4 is 16.8 Å². The molecular weight excluding hydrogens is 406 g/mol. The number of benzene rings is 2. The Balaban J connectivity index is 1.69. The SMILES string of the molecule is COCCN(Cc1nc2ccccc2c(=O)[nH]1)C(=O)c1c(C)nn(-c2ccccc2)c1C. The van der Waals surface area contributed by atoms with E-state index in [1.807, 2.05) is 50.2 Å². The average Bonchev–Trinajstić information content (AvgIpc) is 3.10. The van der Waals surface area contributed by atoms with Crippen molar-refractivity contribution in [1.29, 1.82) is 0 Å². The highest BCUT2D eigenvalue weighted by atomic mass is 16.5. The van der Waals surface area contributed by atoms with Gasteiger partial charge in [0.25, 0.3) is 11.5 Å². The second kappa shape index (κ2) is 9.15. The lowest BCUT2D eigenvalue weighted by molar-refractivity contribution is 0.0673. The number of amides is 1. The summed E-state index contributed by atoms with van der Waals surface area (Å²) in [6, 6.07) is 16.8. The Morgan fingerprint density at radius 3 is 2.56 bits per heavy atom. The minimum absolute atomic E-state index is 0.150. The maximum absolute atomic E-state index is 13.6. The van der Waals surface area contributed by atoms with Crippen LogP contribution in [0.2, 0.25) is 0 Å². The molecule has 0 aliphatic heterocycles. The molecule has 32 heavy (non-hydrogen) atoms. The molecule has 4 aromatic rings. The lowest BCUT2D eigenvalue weighted by Gasteiger charge is -2.22. The van der Waals surface area contributed by atoms with Gasteiger partial charge < -0.3 is 14.6 Å². The smallest absolute Gasteiger partial charge is 0.258 e. The van der Waals surface area contributed by atoms with E-state index in [2.05, 4.69) is 15.1 Å². The lowest BCUT2D eigenvalue weighted by atomic mass is 10.1. The van der Waals surface area contributed by atoms with Crippen molar-refractivity contribution in [2.45, 2.75) is 20.4 Å². The van der Waals surface area contributed by atoms with Crippen LogP contribution in [0.15, 0.2) is 59.4 Å². The number of carbonyl (C=O) groups excluding carboxylic acids is 1. The molecule has 0 fully saturated rings. The number of hydrogen-bond donors (Lipinski definition) is 1. The molecular formula is C24H25N5O3. The third kappa shape index (κ3) is 4.17. The van der Waals surface area contributed by atoms with Crippen LogP contribution in [0, 0.1) is 13.8 Å². The van der Waals surface area contributed by atoms with E-state index in [-0.39, 0.29) is 18.0 Å². The predicted octanol–water partition coefficient (Wildman–Crippen LogP) is 3.01. The van der Waals surface area contributed by atoms with Crippen molar-refractivity contribution < 1.29 is 9.53 Å². The van der Waals surface area contributed by atoms with Crippen molar-refractivity contribution in [3.8, 4) is 5.69 Å². The number of aromatic amines is 1. The van der Waals surface area contributed by atoms with E-state index in [9.17, 15) is 9.59 Å². The van der Waals surface area contributed by atoms with Gasteiger partial charge in [0.2, 0.25) is 0 Å². The molecule has 0 aliphatic rings. The number of rotatable bonds is 7. The molecule has 4 rings (SSSR count). The summed E-state index contributed by atoms with van der Waals surface area (Å²) in [6.07, 6.45) is 0. The Kier molecular flexibility index (Phi) is 6.13. The van der Waals surface area contributed by atoms with Crippen LogP contribution in [0.5, 0.6) is 0 Å². The molecule has 164 valence electrons. The number of carbonyl (C=O) groups is 1. The van der Waals surface area contributed by atoms with E-state index in [0.29, 0.717) is 41.1 Å². The maximum Gasteiger partial charge on any atom is 0.258 e. The number of ether oxygens (including phenoxy) is 1. The summed E-state index contributed by atoms with van der Waals surface area (Å²) in [5.41, 5.74) is 3.17. The van der Waals surface area contributed by atoms with Gasteiger partial charge in [-0.15, -0.1) is 0 Å². The number of nitrogens with one attached hydrogen (secondary N) is 1. The molecule has 0 bridgehead atoms. The zero-order chi connectivity index (χ0) is 22.7. The van der Waals surface area contributed by atoms with Crippen molar-refractivity contribution in [1.82, 2.24) is 24.6 Å². The number of fused-ring (bicyclic) bond motifs is 1. The first-order valence-corrected chi connectivity index (χ1v) is 10.4. The lowest BCUT2D eigenvalue weighted by Crippen LogP contribution is -2.35. The summed E-state index contributed by atoms with van der Waals surface area (Å²) in [5, 5.41) is 5.11. The zero-order valence-corrected chi connectivity index (χ0v) is 18.3. The van der Waals surface area contributed by atoms with Gasteiger partial charge in [-0.3, -0.25) is 9.59 Å². The summed E-state index contributed by atoms with van der Waals surface area (Å²) < 4.78 is 6.99. The summed E-state index contributed by atoms with van der Waals surface area (Å²) in [6.45, 7) is 4.56. The number of hydrogen-bond acceptors (Lipinski definition) is 5. The number of nitrogens with zero attached hydrogens (tertiary/aromatic N) is 4. The van der Waals surface area contributed by atoms with Crippen molar-refractivity contribution in [2.24, 2.45) is 0 Å². The molecule has 0 saturated heterocycles. The fraction of sp³-hybridized carbons (Fsp3) is 0.250. The predicted molar refractivity (Wildman–Crippen MR) is 122 cm³/mol. The number of H-pyrrole nitrogens is 1. The molecule has 8 heteroatoms. The highest BCUT2D eigenvalue weighted by Gasteiger charge is 2.25. The van der Waals surface area contributed by atoms with Gasteiger partial charge in [-0.05, 0) is 38.1 Å². The number of methoxy groups -OCH3 is 1. The van der Waals surface area contributed by atoms with Crippen LogP contribution < -0.4 is 5.56 Å². The molecule has 0 atom stereocenters. The fourth-order valence-corrected chi connectivity index (χ4v) is 3.78. The van der Waals surface area contributed by atoms with E-state index in [0.717, 1.165) is 11.4 Å². The van der Waals surface area contributed by atoms with Crippen LogP contribution in [-0.2, 0) is 11.3 Å². The molecule has 0 spiro atoms. The highest BCUT2D eigenvalue weighted by molar-refractivity contribution is 5.96. The van der Waals surface area contributed by atoms with E-state index < -0.39 is 0 Å². The molecule has 2 aromatic carbocycles. The Morgan fingerprint density at radius 1 is 1.09 bits per heavy atom. The molecule has 0 unspecified atom stereocenters. The molecule has 1 amide bonds. The normalized spacial score (nSPS) is 11.1. The number of aryl methyl sites for hydroxylation is 1. The molecule has 0 aliphatic carbocycles. The van der Waals surface area contributed by atoms with Crippen molar-refractivity contribution in [3.05, 3.63) is 87.7 Å². The highest BCUT2D eigenvalue weighted by Crippen LogP contribution is 2.20. The van der Waals surface area contributed by atoms with Gasteiger partial charge in [-0.25, -0.2) is 9.67 Å². The summed E-state index contributed by atoms with van der Waals surface area (Å²) in [4.78, 5) is 35.0. The van der Waals surface area contributed by atoms with E-state index in [1.54, 1.807) is 34.9 Å². The molecule has 0 radical (unpaired) electrons. The molecule has 2 aromatic heterocycles. The minimum Gasteiger partial charge on any atom is -0.383 e. The zero-order valence-electron chi connectivity index (χ0n) is 18.3. The van der Waals surface area contributed by atoms with Gasteiger partial charge in [0.05, 0.1) is 46.7 Å². The Hall–Kier alpha value is -3.78. The van der Waals surface area contributed by atoms with E-state index >= 15 is 0 Å². The van der Waals surface area contributed by atoms with Crippen molar-refractivity contribution in [2.75, 3.05) is 20.3 Å². The minimum atomic E-state index is -0.228. The second-order valence-corrected chi connectivity index (χ2v) is 7.54. The first-order chi connectivity index (χ1) is 15.5. The first-order valence-electron chi connectivity index (χ1n) is 10.4. The van der Waals surface area contributed by atoms with Gasteiger partial charge in [-0.2, -0.15) is 5.10 Å². The average molecular weight is 431 g/mol. The van der Waals surface area contributed by atoms with Crippen LogP contribution in [0.3, 0.4) is 0 Å². The number of para-hydroxylation sites is 2.